The molecule has 2 N–H and O–H groups in total. The maximum absolute atomic E-state index is 6.48. The van der Waals surface area contributed by atoms with Crippen molar-refractivity contribution in [2.24, 2.45) is 23.5 Å². The molecule has 2 unspecified atom stereocenters. The molecule has 0 aromatic rings. The first-order valence-electron chi connectivity index (χ1n) is 8.46. The maximum Gasteiger partial charge on any atom is 0.00698 e. The van der Waals surface area contributed by atoms with E-state index < -0.39 is 0 Å². The summed E-state index contributed by atoms with van der Waals surface area (Å²) in [6.45, 7) is 6.96. The Balaban J connectivity index is 2.28. The first-order valence-corrected chi connectivity index (χ1v) is 8.46. The number of rotatable bonds is 8. The Morgan fingerprint density at radius 2 is 1.72 bits per heavy atom. The second-order valence-electron chi connectivity index (χ2n) is 6.51. The standard InChI is InChI=1S/C17H35N/c1-4-7-8-15(6-3)13-17(18)16-11-9-14(5-2)10-12-16/h14-17H,4-13,18H2,1-3H3. The highest BCUT2D eigenvalue weighted by Gasteiger charge is 2.26. The number of hydrogen-bond acceptors (Lipinski definition) is 1. The van der Waals surface area contributed by atoms with E-state index in [-0.39, 0.29) is 0 Å². The number of unbranched alkanes of at least 4 members (excludes halogenated alkanes) is 1. The van der Waals surface area contributed by atoms with Gasteiger partial charge in [0.05, 0.1) is 0 Å². The zero-order chi connectivity index (χ0) is 13.4. The second-order valence-corrected chi connectivity index (χ2v) is 6.51. The van der Waals surface area contributed by atoms with Crippen molar-refractivity contribution in [3.8, 4) is 0 Å². The lowest BCUT2D eigenvalue weighted by Crippen LogP contribution is -2.34. The Morgan fingerprint density at radius 3 is 2.22 bits per heavy atom. The average molecular weight is 253 g/mol. The number of hydrogen-bond donors (Lipinski definition) is 1. The van der Waals surface area contributed by atoms with Gasteiger partial charge in [0.25, 0.3) is 0 Å². The lowest BCUT2D eigenvalue weighted by atomic mass is 9.75. The molecular weight excluding hydrogens is 218 g/mol. The van der Waals surface area contributed by atoms with Gasteiger partial charge in [0.15, 0.2) is 0 Å². The van der Waals surface area contributed by atoms with Crippen LogP contribution in [-0.2, 0) is 0 Å². The van der Waals surface area contributed by atoms with Crippen LogP contribution in [0.3, 0.4) is 0 Å². The molecule has 1 rings (SSSR count). The van der Waals surface area contributed by atoms with Gasteiger partial charge >= 0.3 is 0 Å². The average Bonchev–Trinajstić information content (AvgIpc) is 2.43. The lowest BCUT2D eigenvalue weighted by molar-refractivity contribution is 0.215. The van der Waals surface area contributed by atoms with E-state index in [9.17, 15) is 0 Å². The maximum atomic E-state index is 6.48. The van der Waals surface area contributed by atoms with Crippen LogP contribution in [0.1, 0.15) is 85.0 Å². The molecule has 108 valence electrons. The first kappa shape index (κ1) is 16.0. The zero-order valence-electron chi connectivity index (χ0n) is 13.0. The fraction of sp³-hybridized carbons (Fsp3) is 1.00. The quantitative estimate of drug-likeness (QED) is 0.637. The van der Waals surface area contributed by atoms with Gasteiger partial charge in [0.2, 0.25) is 0 Å². The molecule has 0 aromatic heterocycles. The summed E-state index contributed by atoms with van der Waals surface area (Å²) in [6.07, 6.45) is 13.7. The molecule has 1 aliphatic carbocycles. The van der Waals surface area contributed by atoms with Crippen LogP contribution in [-0.4, -0.2) is 6.04 Å². The van der Waals surface area contributed by atoms with Gasteiger partial charge in [-0.25, -0.2) is 0 Å². The fourth-order valence-corrected chi connectivity index (χ4v) is 3.58. The Morgan fingerprint density at radius 1 is 1.06 bits per heavy atom. The predicted molar refractivity (Wildman–Crippen MR) is 81.6 cm³/mol. The van der Waals surface area contributed by atoms with E-state index in [1.807, 2.05) is 0 Å². The topological polar surface area (TPSA) is 26.0 Å². The van der Waals surface area contributed by atoms with E-state index >= 15 is 0 Å². The highest BCUT2D eigenvalue weighted by molar-refractivity contribution is 4.81. The third-order valence-electron chi connectivity index (χ3n) is 5.22. The third-order valence-corrected chi connectivity index (χ3v) is 5.22. The zero-order valence-corrected chi connectivity index (χ0v) is 13.0. The number of nitrogens with two attached hydrogens (primary N) is 1. The van der Waals surface area contributed by atoms with Crippen molar-refractivity contribution >= 4 is 0 Å². The van der Waals surface area contributed by atoms with Gasteiger partial charge in [-0.15, -0.1) is 0 Å². The Bertz CT molecular complexity index is 194. The summed E-state index contributed by atoms with van der Waals surface area (Å²) in [6, 6.07) is 0.476. The predicted octanol–water partition coefficient (Wildman–Crippen LogP) is 5.14. The molecule has 0 heterocycles. The van der Waals surface area contributed by atoms with Crippen LogP contribution in [0.15, 0.2) is 0 Å². The molecule has 0 aliphatic heterocycles. The minimum atomic E-state index is 0.476. The summed E-state index contributed by atoms with van der Waals surface area (Å²) in [4.78, 5) is 0. The third kappa shape index (κ3) is 5.30. The van der Waals surface area contributed by atoms with Crippen molar-refractivity contribution in [1.29, 1.82) is 0 Å². The van der Waals surface area contributed by atoms with Gasteiger partial charge < -0.3 is 5.73 Å². The SMILES string of the molecule is CCCCC(CC)CC(N)C1CCC(CC)CC1. The molecule has 1 fully saturated rings. The molecule has 0 spiro atoms. The molecule has 1 saturated carbocycles. The van der Waals surface area contributed by atoms with Gasteiger partial charge in [-0.1, -0.05) is 65.7 Å². The Kier molecular flexibility index (Phi) is 7.97. The van der Waals surface area contributed by atoms with Crippen LogP contribution in [0.4, 0.5) is 0 Å². The van der Waals surface area contributed by atoms with Crippen LogP contribution in [0.5, 0.6) is 0 Å². The van der Waals surface area contributed by atoms with Crippen molar-refractivity contribution in [3.63, 3.8) is 0 Å². The highest BCUT2D eigenvalue weighted by atomic mass is 14.7. The molecule has 0 bridgehead atoms. The van der Waals surface area contributed by atoms with Gasteiger partial charge in [0.1, 0.15) is 0 Å². The summed E-state index contributed by atoms with van der Waals surface area (Å²) in [5, 5.41) is 0. The van der Waals surface area contributed by atoms with Crippen molar-refractivity contribution in [2.45, 2.75) is 91.0 Å². The van der Waals surface area contributed by atoms with Crippen molar-refractivity contribution in [1.82, 2.24) is 0 Å². The molecule has 18 heavy (non-hydrogen) atoms. The molecule has 0 radical (unpaired) electrons. The highest BCUT2D eigenvalue weighted by Crippen LogP contribution is 2.34. The molecule has 2 atom stereocenters. The van der Waals surface area contributed by atoms with E-state index in [0.29, 0.717) is 6.04 Å². The molecule has 0 amide bonds. The van der Waals surface area contributed by atoms with E-state index in [4.69, 9.17) is 5.73 Å². The Hall–Kier alpha value is -0.0400. The van der Waals surface area contributed by atoms with Crippen molar-refractivity contribution in [3.05, 3.63) is 0 Å². The Labute approximate surface area is 115 Å². The summed E-state index contributed by atoms with van der Waals surface area (Å²) in [5.74, 6) is 2.70. The van der Waals surface area contributed by atoms with Gasteiger partial charge in [0, 0.05) is 6.04 Å². The first-order chi connectivity index (χ1) is 8.71. The molecule has 0 saturated heterocycles. The van der Waals surface area contributed by atoms with E-state index in [0.717, 1.165) is 17.8 Å². The summed E-state index contributed by atoms with van der Waals surface area (Å²) in [7, 11) is 0. The van der Waals surface area contributed by atoms with Crippen molar-refractivity contribution < 1.29 is 0 Å². The van der Waals surface area contributed by atoms with Crippen LogP contribution >= 0.6 is 0 Å². The van der Waals surface area contributed by atoms with Gasteiger partial charge in [-0.2, -0.15) is 0 Å². The van der Waals surface area contributed by atoms with Crippen LogP contribution in [0.25, 0.3) is 0 Å². The summed E-state index contributed by atoms with van der Waals surface area (Å²) >= 11 is 0. The monoisotopic (exact) mass is 253 g/mol. The van der Waals surface area contributed by atoms with E-state index in [2.05, 4.69) is 20.8 Å². The minimum absolute atomic E-state index is 0.476. The summed E-state index contributed by atoms with van der Waals surface area (Å²) in [5.41, 5.74) is 6.48. The normalized spacial score (nSPS) is 28.0. The molecule has 0 aromatic carbocycles. The van der Waals surface area contributed by atoms with E-state index in [1.165, 1.54) is 64.2 Å². The lowest BCUT2D eigenvalue weighted by Gasteiger charge is -2.33. The van der Waals surface area contributed by atoms with E-state index in [1.54, 1.807) is 0 Å². The minimum Gasteiger partial charge on any atom is -0.327 e. The largest absolute Gasteiger partial charge is 0.327 e. The van der Waals surface area contributed by atoms with Crippen LogP contribution < -0.4 is 5.73 Å². The van der Waals surface area contributed by atoms with Crippen LogP contribution in [0.2, 0.25) is 0 Å². The molecule has 1 aliphatic rings. The van der Waals surface area contributed by atoms with Crippen molar-refractivity contribution in [2.75, 3.05) is 0 Å². The second kappa shape index (κ2) is 8.96. The molecular formula is C17H35N. The summed E-state index contributed by atoms with van der Waals surface area (Å²) < 4.78 is 0. The van der Waals surface area contributed by atoms with Gasteiger partial charge in [-0.05, 0) is 37.0 Å². The smallest absolute Gasteiger partial charge is 0.00698 e. The molecule has 1 nitrogen and oxygen atoms in total. The fourth-order valence-electron chi connectivity index (χ4n) is 3.58. The van der Waals surface area contributed by atoms with Crippen LogP contribution in [0, 0.1) is 17.8 Å². The van der Waals surface area contributed by atoms with Gasteiger partial charge in [-0.3, -0.25) is 0 Å². The molecule has 1 heteroatoms.